The monoisotopic (exact) mass is 851 g/mol. The molecule has 4 aromatic carbocycles. The second-order valence-corrected chi connectivity index (χ2v) is 12.7. The average Bonchev–Trinajstić information content (AvgIpc) is 3.53. The maximum absolute atomic E-state index is 6.22. The number of fused-ring (bicyclic) bond motifs is 4. The summed E-state index contributed by atoms with van der Waals surface area (Å²) in [6, 6.07) is 47.5. The van der Waals surface area contributed by atoms with Crippen molar-refractivity contribution >= 4 is 33.0 Å². The molecule has 9 aromatic rings. The Morgan fingerprint density at radius 3 is 2.19 bits per heavy atom. The smallest absolute Gasteiger partial charge is 0.216 e. The quantitative estimate of drug-likeness (QED) is 0.165. The van der Waals surface area contributed by atoms with Crippen LogP contribution in [0.1, 0.15) is 22.4 Å². The predicted molar refractivity (Wildman–Crippen MR) is 207 cm³/mol. The summed E-state index contributed by atoms with van der Waals surface area (Å²) >= 11 is 0. The number of nitrogens with zero attached hydrogens (tertiary/aromatic N) is 4. The number of hydrogen-bond acceptors (Lipinski definition) is 5. The maximum Gasteiger partial charge on any atom is 0.216 e. The SMILES string of the molecule is Cc1ccc2c(n1)oc1c(-c3cc(-c4cc5ccc(-c6c(C)cccc6C)nc5cc4C)ccn3)[c-]ccc12.[Ir].[c-]1ccccc1-c1ccccn1. The van der Waals surface area contributed by atoms with Crippen LogP contribution >= 0.6 is 0 Å². The summed E-state index contributed by atoms with van der Waals surface area (Å²) in [4.78, 5) is 18.6. The largest absolute Gasteiger partial charge is 0.486 e. The summed E-state index contributed by atoms with van der Waals surface area (Å²) in [6.45, 7) is 8.40. The van der Waals surface area contributed by atoms with Crippen LogP contribution in [0.15, 0.2) is 138 Å². The van der Waals surface area contributed by atoms with Crippen LogP contribution in [0.3, 0.4) is 0 Å². The minimum Gasteiger partial charge on any atom is -0.486 e. The second-order valence-electron chi connectivity index (χ2n) is 12.7. The van der Waals surface area contributed by atoms with Gasteiger partial charge in [0.2, 0.25) is 5.71 Å². The van der Waals surface area contributed by atoms with E-state index in [1.807, 2.05) is 73.8 Å². The summed E-state index contributed by atoms with van der Waals surface area (Å²) in [5.41, 5.74) is 15.1. The van der Waals surface area contributed by atoms with E-state index in [0.717, 1.165) is 77.9 Å². The molecule has 0 aliphatic rings. The number of benzene rings is 4. The van der Waals surface area contributed by atoms with Gasteiger partial charge >= 0.3 is 0 Å². The van der Waals surface area contributed by atoms with Crippen LogP contribution in [0.4, 0.5) is 0 Å². The molecule has 9 rings (SSSR count). The standard InChI is InChI=1S/C35H26N3O.C11H8N.Ir/c1-20-7-5-8-21(2)33(20)30-14-12-25-18-29(22(3)17-31(25)38-30)24-15-16-36-32(19-24)28-10-6-9-26-27-13-11-23(4)37-35(27)39-34(26)28;1-2-6-10(7-3-1)11-8-4-5-9-12-11;/h5-9,11-19H,1-4H3;1-6,8-9H;/q2*-1;. The van der Waals surface area contributed by atoms with Crippen molar-refractivity contribution in [3.63, 3.8) is 0 Å². The molecule has 5 nitrogen and oxygen atoms in total. The van der Waals surface area contributed by atoms with Crippen molar-refractivity contribution in [3.05, 3.63) is 168 Å². The van der Waals surface area contributed by atoms with E-state index in [4.69, 9.17) is 14.4 Å². The zero-order chi connectivity index (χ0) is 34.9. The molecule has 0 amide bonds. The van der Waals surface area contributed by atoms with E-state index in [2.05, 4.69) is 104 Å². The molecule has 0 spiro atoms. The fourth-order valence-corrected chi connectivity index (χ4v) is 6.66. The van der Waals surface area contributed by atoms with E-state index in [1.54, 1.807) is 6.20 Å². The van der Waals surface area contributed by atoms with Crippen LogP contribution in [-0.4, -0.2) is 19.9 Å². The molecule has 255 valence electrons. The zero-order valence-corrected chi connectivity index (χ0v) is 31.6. The third kappa shape index (κ3) is 6.79. The van der Waals surface area contributed by atoms with Gasteiger partial charge in [0.05, 0.1) is 16.8 Å². The molecule has 5 aromatic heterocycles. The van der Waals surface area contributed by atoms with Gasteiger partial charge in [-0.3, -0.25) is 0 Å². The molecule has 0 bridgehead atoms. The zero-order valence-electron chi connectivity index (χ0n) is 29.2. The van der Waals surface area contributed by atoms with E-state index in [1.165, 1.54) is 16.7 Å². The molecule has 0 fully saturated rings. The Kier molecular flexibility index (Phi) is 9.86. The summed E-state index contributed by atoms with van der Waals surface area (Å²) in [5.74, 6) is 0. The molecule has 0 atom stereocenters. The van der Waals surface area contributed by atoms with Gasteiger partial charge < -0.3 is 14.4 Å². The molecular weight excluding hydrogens is 817 g/mol. The Morgan fingerprint density at radius 1 is 0.577 bits per heavy atom. The Bertz CT molecular complexity index is 2630. The molecule has 1 radical (unpaired) electrons. The summed E-state index contributed by atoms with van der Waals surface area (Å²) in [7, 11) is 0. The first-order valence-corrected chi connectivity index (χ1v) is 17.0. The van der Waals surface area contributed by atoms with Crippen molar-refractivity contribution in [2.24, 2.45) is 0 Å². The summed E-state index contributed by atoms with van der Waals surface area (Å²) < 4.78 is 6.22. The number of rotatable bonds is 4. The third-order valence-electron chi connectivity index (χ3n) is 9.19. The van der Waals surface area contributed by atoms with Crippen LogP contribution < -0.4 is 0 Å². The molecule has 0 aliphatic carbocycles. The van der Waals surface area contributed by atoms with Crippen LogP contribution in [0.2, 0.25) is 0 Å². The summed E-state index contributed by atoms with van der Waals surface area (Å²) in [5, 5.41) is 3.13. The van der Waals surface area contributed by atoms with E-state index in [0.29, 0.717) is 5.71 Å². The van der Waals surface area contributed by atoms with E-state index in [9.17, 15) is 0 Å². The Balaban J connectivity index is 0.000000275. The molecule has 0 saturated carbocycles. The Hall–Kier alpha value is -5.81. The summed E-state index contributed by atoms with van der Waals surface area (Å²) in [6.07, 6.45) is 3.64. The normalized spacial score (nSPS) is 10.9. The molecular formula is C46H34IrN4O-2. The van der Waals surface area contributed by atoms with Gasteiger partial charge in [-0.2, -0.15) is 0 Å². The van der Waals surface area contributed by atoms with Crippen LogP contribution in [0, 0.1) is 39.8 Å². The van der Waals surface area contributed by atoms with Crippen molar-refractivity contribution in [3.8, 4) is 44.9 Å². The average molecular weight is 851 g/mol. The van der Waals surface area contributed by atoms with Crippen molar-refractivity contribution in [2.75, 3.05) is 0 Å². The number of aryl methyl sites for hydroxylation is 4. The molecule has 5 heterocycles. The van der Waals surface area contributed by atoms with Gasteiger partial charge in [0.15, 0.2) is 0 Å². The van der Waals surface area contributed by atoms with Crippen molar-refractivity contribution in [2.45, 2.75) is 27.7 Å². The van der Waals surface area contributed by atoms with Gasteiger partial charge in [0.1, 0.15) is 0 Å². The molecule has 6 heteroatoms. The van der Waals surface area contributed by atoms with Crippen LogP contribution in [-0.2, 0) is 20.1 Å². The molecule has 0 N–H and O–H groups in total. The van der Waals surface area contributed by atoms with Crippen molar-refractivity contribution < 1.29 is 24.5 Å². The van der Waals surface area contributed by atoms with E-state index >= 15 is 0 Å². The minimum absolute atomic E-state index is 0. The van der Waals surface area contributed by atoms with E-state index in [-0.39, 0.29) is 20.1 Å². The minimum atomic E-state index is 0. The van der Waals surface area contributed by atoms with E-state index < -0.39 is 0 Å². The molecule has 0 aliphatic heterocycles. The fourth-order valence-electron chi connectivity index (χ4n) is 6.66. The van der Waals surface area contributed by atoms with Gasteiger partial charge in [-0.15, -0.1) is 54.1 Å². The fraction of sp³-hybridized carbons (Fsp3) is 0.0870. The van der Waals surface area contributed by atoms with Gasteiger partial charge in [-0.05, 0) is 109 Å². The predicted octanol–water partition coefficient (Wildman–Crippen LogP) is 11.5. The number of hydrogen-bond donors (Lipinski definition) is 0. The molecule has 0 saturated heterocycles. The number of aromatic nitrogens is 4. The Labute approximate surface area is 316 Å². The second kappa shape index (κ2) is 14.8. The topological polar surface area (TPSA) is 64.7 Å². The number of furan rings is 1. The van der Waals surface area contributed by atoms with Crippen LogP contribution in [0.5, 0.6) is 0 Å². The first kappa shape index (κ1) is 34.6. The van der Waals surface area contributed by atoms with Crippen molar-refractivity contribution in [1.82, 2.24) is 19.9 Å². The van der Waals surface area contributed by atoms with Gasteiger partial charge in [-0.25, -0.2) is 9.97 Å². The number of pyridine rings is 4. The van der Waals surface area contributed by atoms with Crippen molar-refractivity contribution in [1.29, 1.82) is 0 Å². The van der Waals surface area contributed by atoms with Gasteiger partial charge in [0, 0.05) is 54.5 Å². The first-order chi connectivity index (χ1) is 24.9. The first-order valence-electron chi connectivity index (χ1n) is 17.0. The maximum atomic E-state index is 6.22. The molecule has 52 heavy (non-hydrogen) atoms. The third-order valence-corrected chi connectivity index (χ3v) is 9.19. The van der Waals surface area contributed by atoms with Gasteiger partial charge in [-0.1, -0.05) is 53.4 Å². The Morgan fingerprint density at radius 2 is 1.40 bits per heavy atom. The van der Waals surface area contributed by atoms with Gasteiger partial charge in [0.25, 0.3) is 0 Å². The molecule has 0 unspecified atom stereocenters. The van der Waals surface area contributed by atoms with Crippen LogP contribution in [0.25, 0.3) is 77.9 Å².